The van der Waals surface area contributed by atoms with Gasteiger partial charge in [-0.3, -0.25) is 52.4 Å². The lowest BCUT2D eigenvalue weighted by Crippen LogP contribution is -2.48. The van der Waals surface area contributed by atoms with Gasteiger partial charge in [0, 0.05) is 122 Å². The molecule has 31 nitrogen and oxygen atoms in total. The van der Waals surface area contributed by atoms with Gasteiger partial charge in [-0.1, -0.05) is 133 Å². The lowest BCUT2D eigenvalue weighted by atomic mass is 9.96. The van der Waals surface area contributed by atoms with Crippen LogP contribution in [0, 0.1) is 11.3 Å². The quantitative estimate of drug-likeness (QED) is 0.0313. The number of fused-ring (bicyclic) bond motifs is 12. The summed E-state index contributed by atoms with van der Waals surface area (Å²) in [6.45, 7) is 4.07. The second-order valence-corrected chi connectivity index (χ2v) is 38.7. The van der Waals surface area contributed by atoms with E-state index in [1.807, 2.05) is 203 Å². The Morgan fingerprint density at radius 1 is 0.423 bits per heavy atom. The van der Waals surface area contributed by atoms with E-state index < -0.39 is 46.5 Å². The molecule has 0 spiro atoms. The molecule has 4 fully saturated rings. The van der Waals surface area contributed by atoms with Crippen LogP contribution in [0.25, 0.3) is 109 Å². The highest BCUT2D eigenvalue weighted by atomic mass is 35.5. The topological polar surface area (TPSA) is 399 Å². The van der Waals surface area contributed by atoms with Gasteiger partial charge < -0.3 is 44.3 Å². The summed E-state index contributed by atoms with van der Waals surface area (Å²) in [6.07, 6.45) is 21.9. The van der Waals surface area contributed by atoms with Crippen molar-refractivity contribution in [1.29, 1.82) is 5.26 Å². The molecule has 0 amide bonds. The number of ether oxygens (including phenoxy) is 4. The van der Waals surface area contributed by atoms with Gasteiger partial charge in [-0.15, -0.1) is 0 Å². The molecule has 8 aromatic carbocycles. The first-order chi connectivity index (χ1) is 69.0. The summed E-state index contributed by atoms with van der Waals surface area (Å²) in [5.41, 5.74) is 13.6. The molecule has 0 unspecified atom stereocenters. The van der Waals surface area contributed by atoms with Crippen LogP contribution in [0.15, 0.2) is 282 Å². The fraction of sp³-hybridized carbons (Fsp3) is 0.275. The van der Waals surface area contributed by atoms with E-state index in [2.05, 4.69) is 68.0 Å². The monoisotopic (exact) mass is 1940 g/mol. The smallest absolute Gasteiger partial charge is 0.261 e. The van der Waals surface area contributed by atoms with Crippen molar-refractivity contribution in [3.8, 4) is 34.5 Å². The molecule has 8 atom stereocenters. The standard InChI is InChI=1S/C33H35N5O4.C29H23N5O3.C24H23ClN4O4S.C23H21N3O3/c1-37(2)13-5-14-42-31-11-9-23(19-35-31)28-10-8-22(18-34-28)16-24-17-27-32(26-7-4-3-6-25(24)26)36-21-38(33(27)40)29-12-15-41-20-30(29)39;30-13-21-7-6-19(15-31-21)25-8-5-18(14-32-25)11-20-12-24-28(23-4-2-1-3-22(20)23)33-17-34(29(24)36)26-9-10-37-16-27(26)35;1-34(32,33)28-9-8-21(30)20(13-28)29-14-27-23-18-5-3-2-4-17(18)16(11-19(23)24(29)31)10-15-6-7-22(25)26-12-15;27-21-7-9-29-13-20(21)26-14-25-22-18-6-2-1-5-17(18)16(11-19(22)23(26)28)10-15-4-3-8-24-12-15/h3-4,6-11,17-19,21,29-30,39H,5,12-16,20H2,1-2H3;1-8,12,14-15,17,26-27,35H,9-11,16H2;2-7,11-12,14,20-21,30H,8-10,13H2,1H3;1-6,8,11-12,14,20-21,27H,7,9-10,13H2/t29-,30-;26-,27-;2*20-,21-/m0000/s1. The third-order valence-corrected chi connectivity index (χ3v) is 28.2. The Morgan fingerprint density at radius 2 is 0.831 bits per heavy atom. The normalized spacial score (nSPS) is 18.4. The van der Waals surface area contributed by atoms with E-state index in [1.165, 1.54) is 19.8 Å². The summed E-state index contributed by atoms with van der Waals surface area (Å²) < 4.78 is 53.4. The van der Waals surface area contributed by atoms with Crippen molar-refractivity contribution in [2.24, 2.45) is 0 Å². The molecule has 0 radical (unpaired) electrons. The maximum absolute atomic E-state index is 13.7. The third kappa shape index (κ3) is 21.0. The molecule has 10 aromatic heterocycles. The number of hydrogen-bond donors (Lipinski definition) is 4. The first kappa shape index (κ1) is 96.3. The van der Waals surface area contributed by atoms with Crippen molar-refractivity contribution < 1.29 is 47.8 Å². The minimum absolute atomic E-state index is 0.0178. The Balaban J connectivity index is 0.000000121. The van der Waals surface area contributed by atoms with Crippen LogP contribution >= 0.6 is 11.6 Å². The van der Waals surface area contributed by atoms with Crippen LogP contribution in [0.4, 0.5) is 0 Å². The highest BCUT2D eigenvalue weighted by Crippen LogP contribution is 2.37. The van der Waals surface area contributed by atoms with Gasteiger partial charge in [-0.25, -0.2) is 43.3 Å². The molecule has 142 heavy (non-hydrogen) atoms. The number of sulfonamides is 1. The molecule has 4 N–H and O–H groups in total. The van der Waals surface area contributed by atoms with Crippen LogP contribution in [-0.4, -0.2) is 217 Å². The number of nitriles is 1. The number of pyridine rings is 6. The fourth-order valence-electron chi connectivity index (χ4n) is 19.3. The minimum atomic E-state index is -3.45. The predicted molar refractivity (Wildman–Crippen MR) is 545 cm³/mol. The Bertz CT molecular complexity index is 8130. The van der Waals surface area contributed by atoms with Gasteiger partial charge >= 0.3 is 0 Å². The zero-order valence-electron chi connectivity index (χ0n) is 78.1. The van der Waals surface area contributed by atoms with Crippen LogP contribution in [0.5, 0.6) is 5.88 Å². The van der Waals surface area contributed by atoms with E-state index in [-0.39, 0.29) is 67.0 Å². The van der Waals surface area contributed by atoms with E-state index in [4.69, 9.17) is 40.8 Å². The molecule has 33 heteroatoms. The average molecular weight is 1940 g/mol. The Hall–Kier alpha value is -14.6. The van der Waals surface area contributed by atoms with Crippen LogP contribution in [0.1, 0.15) is 106 Å². The summed E-state index contributed by atoms with van der Waals surface area (Å²) in [6, 6.07) is 62.5. The molecular weight excluding hydrogens is 1840 g/mol. The van der Waals surface area contributed by atoms with Crippen molar-refractivity contribution in [1.82, 2.24) is 77.3 Å². The van der Waals surface area contributed by atoms with E-state index in [0.29, 0.717) is 138 Å². The number of benzene rings is 8. The Kier molecular flexibility index (Phi) is 29.1. The second-order valence-electron chi connectivity index (χ2n) is 36.4. The lowest BCUT2D eigenvalue weighted by molar-refractivity contribution is -0.0395. The summed E-state index contributed by atoms with van der Waals surface area (Å²) in [4.78, 5) is 101. The van der Waals surface area contributed by atoms with Gasteiger partial charge in [-0.2, -0.15) is 9.57 Å². The number of rotatable bonds is 20. The molecule has 22 rings (SSSR count). The molecule has 4 aliphatic rings. The number of aliphatic hydroxyl groups is 4. The average Bonchev–Trinajstić information content (AvgIpc) is 0.760. The first-order valence-corrected chi connectivity index (χ1v) is 49.3. The first-order valence-electron chi connectivity index (χ1n) is 47.1. The van der Waals surface area contributed by atoms with Crippen molar-refractivity contribution >= 4 is 108 Å². The van der Waals surface area contributed by atoms with Gasteiger partial charge in [0.15, 0.2) is 0 Å². The van der Waals surface area contributed by atoms with Crippen molar-refractivity contribution in [2.75, 3.05) is 86.2 Å². The number of halogens is 1. The largest absolute Gasteiger partial charge is 0.478 e. The number of aromatic nitrogens is 14. The van der Waals surface area contributed by atoms with E-state index in [0.717, 1.165) is 129 Å². The molecule has 14 heterocycles. The minimum Gasteiger partial charge on any atom is -0.478 e. The van der Waals surface area contributed by atoms with Gasteiger partial charge in [-0.05, 0) is 205 Å². The maximum atomic E-state index is 13.7. The highest BCUT2D eigenvalue weighted by Gasteiger charge is 2.36. The van der Waals surface area contributed by atoms with Gasteiger partial charge in [0.1, 0.15) is 16.9 Å². The Labute approximate surface area is 820 Å². The van der Waals surface area contributed by atoms with Crippen molar-refractivity contribution in [2.45, 2.75) is 106 Å². The summed E-state index contributed by atoms with van der Waals surface area (Å²) in [5, 5.41) is 61.1. The van der Waals surface area contributed by atoms with Crippen LogP contribution in [0.3, 0.4) is 0 Å². The lowest BCUT2D eigenvalue weighted by Gasteiger charge is -2.35. The van der Waals surface area contributed by atoms with E-state index in [1.54, 1.807) is 65.0 Å². The molecule has 0 aliphatic carbocycles. The van der Waals surface area contributed by atoms with E-state index >= 15 is 0 Å². The number of aliphatic hydroxyl groups excluding tert-OH is 4. The van der Waals surface area contributed by atoms with Crippen molar-refractivity contribution in [3.05, 3.63) is 360 Å². The molecule has 18 aromatic rings. The summed E-state index contributed by atoms with van der Waals surface area (Å²) >= 11 is 5.93. The summed E-state index contributed by atoms with van der Waals surface area (Å²) in [7, 11) is 0.645. The number of piperidine rings is 1. The SMILES string of the molecule is CN(C)CCCOc1ccc(-c2ccc(Cc3cc4c(=O)n([C@H]5CCOC[C@@H]5O)cnc4c4ccccc34)cn2)cn1.CS(=O)(=O)N1CC[C@H](O)[C@@H](n2cnc3c(cc(Cc4ccc(Cl)nc4)c4ccccc43)c2=O)C1.N#Cc1ccc(-c2ccc(Cc3cc4c(=O)n([C@H]5CCOC[C@@H]5O)cnc4c4ccccc34)cn2)cn1.O=c1c2cc(Cc3cccnc3)c3ccccc3c2ncn1[C@H]1COCC[C@@H]1O. The zero-order chi connectivity index (χ0) is 98.2. The zero-order valence-corrected chi connectivity index (χ0v) is 79.7. The Morgan fingerprint density at radius 3 is 1.21 bits per heavy atom. The van der Waals surface area contributed by atoms with Crippen molar-refractivity contribution in [3.63, 3.8) is 0 Å². The third-order valence-electron chi connectivity index (χ3n) is 26.7. The van der Waals surface area contributed by atoms with Gasteiger partial charge in [0.05, 0.1) is 162 Å². The molecule has 4 aliphatic heterocycles. The molecular formula is C109H102ClN17O14S. The van der Waals surface area contributed by atoms with Gasteiger partial charge in [0.2, 0.25) is 15.9 Å². The molecule has 0 bridgehead atoms. The highest BCUT2D eigenvalue weighted by molar-refractivity contribution is 7.88. The number of hydrogen-bond acceptors (Lipinski definition) is 26. The fourth-order valence-corrected chi connectivity index (χ4v) is 20.3. The van der Waals surface area contributed by atoms with E-state index in [9.17, 15) is 48.0 Å². The number of nitrogens with zero attached hydrogens (tertiary/aromatic N) is 17. The van der Waals surface area contributed by atoms with Gasteiger partial charge in [0.25, 0.3) is 22.2 Å². The second kappa shape index (κ2) is 42.9. The predicted octanol–water partition coefficient (Wildman–Crippen LogP) is 13.7. The molecule has 720 valence electrons. The molecule has 4 saturated heterocycles. The van der Waals surface area contributed by atoms with Crippen LogP contribution < -0.4 is 27.0 Å². The molecule has 0 saturated carbocycles. The van der Waals surface area contributed by atoms with Crippen LogP contribution in [0.2, 0.25) is 5.15 Å². The summed E-state index contributed by atoms with van der Waals surface area (Å²) in [5.74, 6) is 0.609. The van der Waals surface area contributed by atoms with Crippen LogP contribution in [-0.2, 0) is 49.9 Å². The maximum Gasteiger partial charge on any atom is 0.261 e.